The number of methoxy groups -OCH3 is 1. The van der Waals surface area contributed by atoms with Gasteiger partial charge >= 0.3 is 5.97 Å². The molecule has 0 amide bonds. The van der Waals surface area contributed by atoms with E-state index >= 15 is 0 Å². The molecule has 0 N–H and O–H groups in total. The van der Waals surface area contributed by atoms with Crippen molar-refractivity contribution in [1.29, 1.82) is 0 Å². The molecule has 0 saturated heterocycles. The molecule has 0 aromatic heterocycles. The lowest BCUT2D eigenvalue weighted by Crippen LogP contribution is -2.67. The number of fused-ring (bicyclic) bond motifs is 7. The van der Waals surface area contributed by atoms with E-state index in [2.05, 4.69) is 78.5 Å². The maximum atomic E-state index is 14.0. The first kappa shape index (κ1) is 28.9. The van der Waals surface area contributed by atoms with Crippen molar-refractivity contribution < 1.29 is 14.3 Å². The van der Waals surface area contributed by atoms with Crippen LogP contribution in [0.1, 0.15) is 105 Å². The lowest BCUT2D eigenvalue weighted by Gasteiger charge is -2.72. The molecule has 6 rings (SSSR count). The number of ketones is 1. The van der Waals surface area contributed by atoms with Gasteiger partial charge in [-0.1, -0.05) is 77.1 Å². The number of rotatable bonds is 3. The monoisotopic (exact) mass is 556 g/mol. The summed E-state index contributed by atoms with van der Waals surface area (Å²) >= 11 is 0. The van der Waals surface area contributed by atoms with Crippen LogP contribution in [0, 0.1) is 56.7 Å². The molecule has 41 heavy (non-hydrogen) atoms. The Balaban J connectivity index is 1.42. The van der Waals surface area contributed by atoms with E-state index in [1.807, 2.05) is 6.07 Å². The SMILES string of the molecule is C=C(C)[C@@H]1CC[C@]2(C(=O)OC)CC[C@]3(C)[C@H](CC[C@@H]4[C@@]5(C)C/C(=C/c6ccccc6)C(=O)C(C)(C)[C@@H]5CC[C@]43C)[C@H]12. The quantitative estimate of drug-likeness (QED) is 0.212. The summed E-state index contributed by atoms with van der Waals surface area (Å²) in [7, 11) is 1.59. The zero-order chi connectivity index (χ0) is 29.6. The zero-order valence-electron chi connectivity index (χ0n) is 26.6. The minimum Gasteiger partial charge on any atom is -0.469 e. The second-order valence-corrected chi connectivity index (χ2v) is 16.1. The Morgan fingerprint density at radius 2 is 1.61 bits per heavy atom. The molecule has 0 bridgehead atoms. The van der Waals surface area contributed by atoms with Crippen LogP contribution in [0.4, 0.5) is 0 Å². The zero-order valence-corrected chi connectivity index (χ0v) is 26.6. The minimum atomic E-state index is -0.365. The Bertz CT molecular complexity index is 1290. The van der Waals surface area contributed by atoms with Gasteiger partial charge in [-0.3, -0.25) is 9.59 Å². The van der Waals surface area contributed by atoms with E-state index in [9.17, 15) is 9.59 Å². The fraction of sp³-hybridized carbons (Fsp3) is 0.684. The average molecular weight is 557 g/mol. The smallest absolute Gasteiger partial charge is 0.312 e. The molecule has 0 spiro atoms. The molecule has 9 atom stereocenters. The third kappa shape index (κ3) is 3.75. The van der Waals surface area contributed by atoms with Crippen molar-refractivity contribution in [3.63, 3.8) is 0 Å². The number of Topliss-reactive ketones (excluding diaryl/α,β-unsaturated/α-hetero) is 1. The normalized spacial score (nSPS) is 45.7. The number of hydrogen-bond donors (Lipinski definition) is 0. The van der Waals surface area contributed by atoms with Gasteiger partial charge in [-0.25, -0.2) is 0 Å². The second-order valence-electron chi connectivity index (χ2n) is 16.1. The highest BCUT2D eigenvalue weighted by Crippen LogP contribution is 2.77. The van der Waals surface area contributed by atoms with Gasteiger partial charge in [-0.15, -0.1) is 0 Å². The molecule has 0 heterocycles. The van der Waals surface area contributed by atoms with Gasteiger partial charge in [0.05, 0.1) is 12.5 Å². The van der Waals surface area contributed by atoms with Crippen molar-refractivity contribution in [1.82, 2.24) is 0 Å². The predicted molar refractivity (Wildman–Crippen MR) is 166 cm³/mol. The van der Waals surface area contributed by atoms with E-state index in [1.165, 1.54) is 24.8 Å². The molecule has 5 fully saturated rings. The largest absolute Gasteiger partial charge is 0.469 e. The summed E-state index contributed by atoms with van der Waals surface area (Å²) in [6.07, 6.45) is 11.7. The number of benzene rings is 1. The van der Waals surface area contributed by atoms with Crippen molar-refractivity contribution in [2.24, 2.45) is 56.7 Å². The molecule has 5 saturated carbocycles. The summed E-state index contributed by atoms with van der Waals surface area (Å²) in [4.78, 5) is 27.5. The molecule has 0 aliphatic heterocycles. The molecule has 1 aromatic carbocycles. The van der Waals surface area contributed by atoms with E-state index < -0.39 is 0 Å². The van der Waals surface area contributed by atoms with Gasteiger partial charge in [0, 0.05) is 5.41 Å². The van der Waals surface area contributed by atoms with E-state index in [0.29, 0.717) is 35.4 Å². The number of esters is 1. The Morgan fingerprint density at radius 1 is 0.902 bits per heavy atom. The first-order chi connectivity index (χ1) is 19.3. The van der Waals surface area contributed by atoms with Crippen LogP contribution in [0.15, 0.2) is 48.1 Å². The van der Waals surface area contributed by atoms with Crippen molar-refractivity contribution in [3.05, 3.63) is 53.6 Å². The molecule has 0 radical (unpaired) electrons. The number of allylic oxidation sites excluding steroid dienone is 2. The summed E-state index contributed by atoms with van der Waals surface area (Å²) in [6, 6.07) is 10.4. The van der Waals surface area contributed by atoms with Gasteiger partial charge in [-0.05, 0) is 128 Å². The summed E-state index contributed by atoms with van der Waals surface area (Å²) in [6.45, 7) is 18.9. The topological polar surface area (TPSA) is 43.4 Å². The lowest BCUT2D eigenvalue weighted by molar-refractivity contribution is -0.232. The summed E-state index contributed by atoms with van der Waals surface area (Å²) in [5.74, 6) is 2.55. The van der Waals surface area contributed by atoms with Crippen LogP contribution in [0.25, 0.3) is 6.08 Å². The van der Waals surface area contributed by atoms with Crippen LogP contribution in [0.3, 0.4) is 0 Å². The molecule has 0 unspecified atom stereocenters. The van der Waals surface area contributed by atoms with E-state index in [-0.39, 0.29) is 33.0 Å². The molecule has 222 valence electrons. The fourth-order valence-corrected chi connectivity index (χ4v) is 12.4. The maximum absolute atomic E-state index is 14.0. The van der Waals surface area contributed by atoms with Crippen LogP contribution >= 0.6 is 0 Å². The summed E-state index contributed by atoms with van der Waals surface area (Å²) in [5.41, 5.74) is 3.06. The third-order valence-electron chi connectivity index (χ3n) is 14.4. The Labute approximate surface area is 248 Å². The Morgan fingerprint density at radius 3 is 2.27 bits per heavy atom. The van der Waals surface area contributed by atoms with Gasteiger partial charge in [0.25, 0.3) is 0 Å². The fourth-order valence-electron chi connectivity index (χ4n) is 12.4. The van der Waals surface area contributed by atoms with E-state index in [4.69, 9.17) is 4.74 Å². The molecule has 5 aliphatic rings. The number of carbonyl (C=O) groups is 2. The van der Waals surface area contributed by atoms with Crippen LogP contribution < -0.4 is 0 Å². The minimum absolute atomic E-state index is 0.0273. The lowest BCUT2D eigenvalue weighted by atomic mass is 9.32. The standard InChI is InChI=1S/C38H52O3/c1-24(2)27-16-19-38(33(40)41-8)21-20-36(6)28(31(27)38)14-15-30-35(5)23-26(22-25-12-10-9-11-13-25)32(39)34(3,4)29(35)17-18-37(30,36)7/h9-13,22,27-31H,1,14-21,23H2,2-8H3/b26-22-/t27-,28+,29-,30+,31-,35-,36+,37+,38-/m0/s1. The predicted octanol–water partition coefficient (Wildman–Crippen LogP) is 9.08. The van der Waals surface area contributed by atoms with Gasteiger partial charge in [-0.2, -0.15) is 0 Å². The summed E-state index contributed by atoms with van der Waals surface area (Å²) in [5, 5.41) is 0. The third-order valence-corrected chi connectivity index (χ3v) is 14.4. The first-order valence-electron chi connectivity index (χ1n) is 16.3. The Hall–Kier alpha value is -2.16. The van der Waals surface area contributed by atoms with Crippen LogP contribution in [0.2, 0.25) is 0 Å². The van der Waals surface area contributed by atoms with Gasteiger partial charge in [0.2, 0.25) is 0 Å². The molecule has 5 aliphatic carbocycles. The highest BCUT2D eigenvalue weighted by atomic mass is 16.5. The van der Waals surface area contributed by atoms with Crippen molar-refractivity contribution >= 4 is 17.8 Å². The molecule has 3 heteroatoms. The molecular weight excluding hydrogens is 504 g/mol. The maximum Gasteiger partial charge on any atom is 0.312 e. The first-order valence-corrected chi connectivity index (χ1v) is 16.3. The van der Waals surface area contributed by atoms with Crippen molar-refractivity contribution in [2.75, 3.05) is 7.11 Å². The van der Waals surface area contributed by atoms with Crippen LogP contribution in [-0.4, -0.2) is 18.9 Å². The van der Waals surface area contributed by atoms with Crippen LogP contribution in [-0.2, 0) is 14.3 Å². The Kier molecular flexibility index (Phi) is 6.65. The van der Waals surface area contributed by atoms with Gasteiger partial charge < -0.3 is 4.74 Å². The van der Waals surface area contributed by atoms with Crippen molar-refractivity contribution in [3.8, 4) is 0 Å². The second kappa shape index (κ2) is 9.42. The number of carbonyl (C=O) groups excluding carboxylic acids is 2. The van der Waals surface area contributed by atoms with Gasteiger partial charge in [0.15, 0.2) is 5.78 Å². The highest BCUT2D eigenvalue weighted by molar-refractivity contribution is 6.04. The highest BCUT2D eigenvalue weighted by Gasteiger charge is 2.72. The van der Waals surface area contributed by atoms with Gasteiger partial charge in [0.1, 0.15) is 0 Å². The molecular formula is C38H52O3. The van der Waals surface area contributed by atoms with Crippen molar-refractivity contribution in [2.45, 2.75) is 99.3 Å². The van der Waals surface area contributed by atoms with Crippen LogP contribution in [0.5, 0.6) is 0 Å². The number of ether oxygens (including phenoxy) is 1. The molecule has 3 nitrogen and oxygen atoms in total. The average Bonchev–Trinajstić information content (AvgIpc) is 3.33. The number of hydrogen-bond acceptors (Lipinski definition) is 3. The molecule has 1 aromatic rings. The van der Waals surface area contributed by atoms with E-state index in [0.717, 1.165) is 49.7 Å². The van der Waals surface area contributed by atoms with E-state index in [1.54, 1.807) is 7.11 Å². The summed E-state index contributed by atoms with van der Waals surface area (Å²) < 4.78 is 5.54.